The molecule has 0 spiro atoms. The first-order chi connectivity index (χ1) is 21.6. The van der Waals surface area contributed by atoms with Gasteiger partial charge in [0.05, 0.1) is 5.52 Å². The summed E-state index contributed by atoms with van der Waals surface area (Å²) < 4.78 is 2.53. The lowest BCUT2D eigenvalue weighted by atomic mass is 9.37. The molecule has 2 aliphatic heterocycles. The Morgan fingerprint density at radius 2 is 1.18 bits per heavy atom. The minimum absolute atomic E-state index is 0.0771. The topological polar surface area (TPSA) is 8.17 Å². The van der Waals surface area contributed by atoms with Gasteiger partial charge in [-0.25, -0.2) is 0 Å². The lowest BCUT2D eigenvalue weighted by Crippen LogP contribution is -2.54. The van der Waals surface area contributed by atoms with Crippen molar-refractivity contribution >= 4 is 51.2 Å². The third-order valence-electron chi connectivity index (χ3n) is 10.4. The zero-order valence-corrected chi connectivity index (χ0v) is 24.8. The maximum atomic E-state index is 2.54. The van der Waals surface area contributed by atoms with E-state index in [1.807, 2.05) is 0 Å². The molecular weight excluding hydrogens is 531 g/mol. The second kappa shape index (κ2) is 8.42. The Bertz CT molecular complexity index is 2310. The van der Waals surface area contributed by atoms with E-state index < -0.39 is 0 Å². The van der Waals surface area contributed by atoms with Gasteiger partial charge in [0.1, 0.15) is 5.82 Å². The second-order valence-corrected chi connectivity index (χ2v) is 12.9. The van der Waals surface area contributed by atoms with Crippen molar-refractivity contribution in [2.45, 2.75) is 19.3 Å². The molecule has 3 aliphatic rings. The molecule has 206 valence electrons. The van der Waals surface area contributed by atoms with Crippen molar-refractivity contribution in [3.8, 4) is 27.9 Å². The normalized spacial score (nSPS) is 14.7. The SMILES string of the molecule is CC1(C)c2ccccc2-c2cc3c(cc21)c1c(n3-c2ccccc2)N(c2ccccc2)c2cccc3c2B1c1ccccc1-3. The number of hydrogen-bond donors (Lipinski definition) is 0. The van der Waals surface area contributed by atoms with Crippen molar-refractivity contribution < 1.29 is 0 Å². The van der Waals surface area contributed by atoms with Crippen LogP contribution in [-0.2, 0) is 5.41 Å². The fourth-order valence-corrected chi connectivity index (χ4v) is 8.52. The molecule has 1 aromatic heterocycles. The van der Waals surface area contributed by atoms with Crippen molar-refractivity contribution in [2.24, 2.45) is 0 Å². The minimum atomic E-state index is -0.0771. The Morgan fingerprint density at radius 3 is 1.98 bits per heavy atom. The molecule has 2 nitrogen and oxygen atoms in total. The van der Waals surface area contributed by atoms with Crippen LogP contribution in [0.15, 0.2) is 140 Å². The molecule has 0 amide bonds. The predicted octanol–water partition coefficient (Wildman–Crippen LogP) is 8.22. The van der Waals surface area contributed by atoms with E-state index in [2.05, 4.69) is 163 Å². The van der Waals surface area contributed by atoms with Gasteiger partial charge in [0.2, 0.25) is 0 Å². The van der Waals surface area contributed by atoms with Gasteiger partial charge in [-0.2, -0.15) is 0 Å². The van der Waals surface area contributed by atoms with Crippen LogP contribution in [0.25, 0.3) is 38.8 Å². The summed E-state index contributed by atoms with van der Waals surface area (Å²) in [5.41, 5.74) is 17.2. The molecule has 0 fully saturated rings. The zero-order chi connectivity index (χ0) is 29.2. The molecule has 1 aliphatic carbocycles. The van der Waals surface area contributed by atoms with Crippen LogP contribution < -0.4 is 21.3 Å². The summed E-state index contributed by atoms with van der Waals surface area (Å²) in [5.74, 6) is 1.23. The van der Waals surface area contributed by atoms with Crippen LogP contribution in [-0.4, -0.2) is 11.3 Å². The summed E-state index contributed by atoms with van der Waals surface area (Å²) >= 11 is 0. The Balaban J connectivity index is 1.42. The molecule has 0 unspecified atom stereocenters. The molecule has 3 heterocycles. The van der Waals surface area contributed by atoms with Gasteiger partial charge in [0.15, 0.2) is 0 Å². The Labute approximate surface area is 257 Å². The average molecular weight is 561 g/mol. The summed E-state index contributed by atoms with van der Waals surface area (Å²) in [5, 5.41) is 1.34. The van der Waals surface area contributed by atoms with Gasteiger partial charge >= 0.3 is 0 Å². The number of nitrogens with zero attached hydrogens (tertiary/aromatic N) is 2. The van der Waals surface area contributed by atoms with Crippen molar-refractivity contribution in [3.05, 3.63) is 151 Å². The molecule has 3 heteroatoms. The largest absolute Gasteiger partial charge is 0.297 e. The monoisotopic (exact) mass is 560 g/mol. The Kier molecular flexibility index (Phi) is 4.63. The summed E-state index contributed by atoms with van der Waals surface area (Å²) in [6, 6.07) is 51.8. The second-order valence-electron chi connectivity index (χ2n) is 12.9. The number of benzene rings is 6. The molecule has 44 heavy (non-hydrogen) atoms. The first-order valence-corrected chi connectivity index (χ1v) is 15.6. The van der Waals surface area contributed by atoms with Gasteiger partial charge in [0.25, 0.3) is 6.71 Å². The van der Waals surface area contributed by atoms with E-state index in [0.717, 1.165) is 0 Å². The van der Waals surface area contributed by atoms with E-state index in [-0.39, 0.29) is 12.1 Å². The first-order valence-electron chi connectivity index (χ1n) is 15.6. The predicted molar refractivity (Wildman–Crippen MR) is 186 cm³/mol. The van der Waals surface area contributed by atoms with E-state index in [9.17, 15) is 0 Å². The molecule has 0 atom stereocenters. The highest BCUT2D eigenvalue weighted by Gasteiger charge is 2.46. The molecule has 0 radical (unpaired) electrons. The molecule has 0 saturated carbocycles. The minimum Gasteiger partial charge on any atom is -0.297 e. The van der Waals surface area contributed by atoms with Gasteiger partial charge in [-0.3, -0.25) is 9.47 Å². The summed E-state index contributed by atoms with van der Waals surface area (Å²) in [6.07, 6.45) is 0. The fraction of sp³-hybridized carbons (Fsp3) is 0.0732. The summed E-state index contributed by atoms with van der Waals surface area (Å²) in [6.45, 7) is 4.93. The first kappa shape index (κ1) is 24.2. The van der Waals surface area contributed by atoms with Crippen LogP contribution in [0, 0.1) is 0 Å². The summed E-state index contributed by atoms with van der Waals surface area (Å²) in [4.78, 5) is 2.52. The van der Waals surface area contributed by atoms with Crippen LogP contribution in [0.3, 0.4) is 0 Å². The third-order valence-corrected chi connectivity index (χ3v) is 10.4. The highest BCUT2D eigenvalue weighted by molar-refractivity contribution is 7.02. The van der Waals surface area contributed by atoms with Gasteiger partial charge in [-0.1, -0.05) is 116 Å². The van der Waals surface area contributed by atoms with E-state index in [0.29, 0.717) is 0 Å². The average Bonchev–Trinajstić information content (AvgIpc) is 3.66. The Morgan fingerprint density at radius 1 is 0.523 bits per heavy atom. The van der Waals surface area contributed by atoms with Gasteiger partial charge < -0.3 is 0 Å². The number of fused-ring (bicyclic) bond motifs is 10. The zero-order valence-electron chi connectivity index (χ0n) is 24.8. The van der Waals surface area contributed by atoms with Gasteiger partial charge in [-0.05, 0) is 92.2 Å². The fourth-order valence-electron chi connectivity index (χ4n) is 8.52. The van der Waals surface area contributed by atoms with Crippen molar-refractivity contribution in [3.63, 3.8) is 0 Å². The highest BCUT2D eigenvalue weighted by atomic mass is 15.3. The van der Waals surface area contributed by atoms with Crippen molar-refractivity contribution in [1.82, 2.24) is 4.57 Å². The molecule has 0 bridgehead atoms. The van der Waals surface area contributed by atoms with E-state index in [1.165, 1.54) is 83.6 Å². The molecular formula is C41H29BN2. The van der Waals surface area contributed by atoms with Crippen LogP contribution in [0.5, 0.6) is 0 Å². The number of para-hydroxylation sites is 2. The molecule has 0 N–H and O–H groups in total. The smallest absolute Gasteiger partial charge is 0.251 e. The molecule has 10 rings (SSSR count). The third kappa shape index (κ3) is 2.92. The Hall–Kier alpha value is -5.28. The number of hydrogen-bond acceptors (Lipinski definition) is 1. The van der Waals surface area contributed by atoms with Crippen LogP contribution in [0.4, 0.5) is 17.2 Å². The van der Waals surface area contributed by atoms with E-state index >= 15 is 0 Å². The van der Waals surface area contributed by atoms with Crippen molar-refractivity contribution in [2.75, 3.05) is 4.90 Å². The van der Waals surface area contributed by atoms with Crippen LogP contribution in [0.2, 0.25) is 0 Å². The van der Waals surface area contributed by atoms with Gasteiger partial charge in [0, 0.05) is 22.5 Å². The summed E-state index contributed by atoms with van der Waals surface area (Å²) in [7, 11) is 0. The van der Waals surface area contributed by atoms with E-state index in [4.69, 9.17) is 0 Å². The molecule has 0 saturated heterocycles. The number of aromatic nitrogens is 1. The quantitative estimate of drug-likeness (QED) is 0.194. The van der Waals surface area contributed by atoms with Crippen LogP contribution in [0.1, 0.15) is 25.0 Å². The number of anilines is 3. The lowest BCUT2D eigenvalue weighted by Gasteiger charge is -2.35. The van der Waals surface area contributed by atoms with Gasteiger partial charge in [-0.15, -0.1) is 0 Å². The standard InChI is InChI=1S/C41H29BN2/c1-41(2)33-21-11-9-18-28(33)31-25-37-32(24-34(31)41)39-40(44(37)27-16-7-4-8-17-27)43(26-14-5-3-6-15-26)36-23-13-20-30-29-19-10-12-22-35(29)42(39)38(30)36/h3-25H,1-2H3. The lowest BCUT2D eigenvalue weighted by molar-refractivity contribution is 0.661. The van der Waals surface area contributed by atoms with Crippen LogP contribution >= 0.6 is 0 Å². The maximum absolute atomic E-state index is 2.54. The number of rotatable bonds is 2. The molecule has 7 aromatic rings. The highest BCUT2D eigenvalue weighted by Crippen LogP contribution is 2.51. The maximum Gasteiger partial charge on any atom is 0.251 e. The van der Waals surface area contributed by atoms with Crippen molar-refractivity contribution in [1.29, 1.82) is 0 Å². The van der Waals surface area contributed by atoms with E-state index in [1.54, 1.807) is 0 Å². The molecule has 6 aromatic carbocycles.